The highest BCUT2D eigenvalue weighted by atomic mass is 32.2. The van der Waals surface area contributed by atoms with Gasteiger partial charge < -0.3 is 10.6 Å². The molecule has 29 heavy (non-hydrogen) atoms. The van der Waals surface area contributed by atoms with E-state index in [-0.39, 0.29) is 6.03 Å². The van der Waals surface area contributed by atoms with E-state index in [1.165, 1.54) is 0 Å². The summed E-state index contributed by atoms with van der Waals surface area (Å²) in [5, 5.41) is 9.77. The van der Waals surface area contributed by atoms with Crippen LogP contribution >= 0.6 is 0 Å². The van der Waals surface area contributed by atoms with Gasteiger partial charge in [0.1, 0.15) is 0 Å². The molecule has 8 nitrogen and oxygen atoms in total. The van der Waals surface area contributed by atoms with Gasteiger partial charge in [0.25, 0.3) is 0 Å². The predicted octanol–water partition coefficient (Wildman–Crippen LogP) is 2.29. The van der Waals surface area contributed by atoms with E-state index in [1.54, 1.807) is 29.1 Å². The summed E-state index contributed by atoms with van der Waals surface area (Å²) in [4.78, 5) is 12.0. The number of sulfonamides is 1. The van der Waals surface area contributed by atoms with Crippen LogP contribution in [0.3, 0.4) is 0 Å². The standard InChI is InChI=1S/C20H23N5O3S/c1-29(27,28)24-18-5-2-4-17(14-18)15-22-20(26)21-12-10-16-6-8-19(9-7-16)25-13-3-11-23-25/h2-9,11,13-14,24H,10,12,15H2,1H3,(H2,21,22,26). The smallest absolute Gasteiger partial charge is 0.315 e. The molecule has 0 fully saturated rings. The Morgan fingerprint density at radius 1 is 1.03 bits per heavy atom. The summed E-state index contributed by atoms with van der Waals surface area (Å²) in [7, 11) is -3.33. The minimum Gasteiger partial charge on any atom is -0.338 e. The molecule has 0 aliphatic heterocycles. The third-order valence-electron chi connectivity index (χ3n) is 4.09. The lowest BCUT2D eigenvalue weighted by Gasteiger charge is -2.10. The molecule has 3 N–H and O–H groups in total. The van der Waals surface area contributed by atoms with Gasteiger partial charge in [-0.3, -0.25) is 4.72 Å². The summed E-state index contributed by atoms with van der Waals surface area (Å²) < 4.78 is 26.8. The Labute approximate surface area is 170 Å². The van der Waals surface area contributed by atoms with E-state index >= 15 is 0 Å². The van der Waals surface area contributed by atoms with Crippen LogP contribution in [0.2, 0.25) is 0 Å². The zero-order valence-electron chi connectivity index (χ0n) is 16.0. The minimum atomic E-state index is -3.33. The highest BCUT2D eigenvalue weighted by Gasteiger charge is 2.04. The van der Waals surface area contributed by atoms with Crippen molar-refractivity contribution in [3.8, 4) is 5.69 Å². The van der Waals surface area contributed by atoms with E-state index in [0.29, 0.717) is 25.2 Å². The number of anilines is 1. The van der Waals surface area contributed by atoms with Gasteiger partial charge in [0.05, 0.1) is 11.9 Å². The molecule has 0 saturated carbocycles. The molecule has 152 valence electrons. The quantitative estimate of drug-likeness (QED) is 0.527. The molecule has 0 unspecified atom stereocenters. The van der Waals surface area contributed by atoms with E-state index in [1.807, 2.05) is 42.6 Å². The molecular formula is C20H23N5O3S. The van der Waals surface area contributed by atoms with Gasteiger partial charge in [-0.05, 0) is 47.9 Å². The number of aromatic nitrogens is 2. The van der Waals surface area contributed by atoms with Gasteiger partial charge in [-0.1, -0.05) is 24.3 Å². The highest BCUT2D eigenvalue weighted by molar-refractivity contribution is 7.92. The van der Waals surface area contributed by atoms with Gasteiger partial charge in [-0.2, -0.15) is 5.10 Å². The maximum atomic E-state index is 12.0. The molecule has 2 amide bonds. The van der Waals surface area contributed by atoms with Crippen LogP contribution in [0, 0.1) is 0 Å². The molecule has 2 aromatic carbocycles. The number of nitrogens with zero attached hydrogens (tertiary/aromatic N) is 2. The summed E-state index contributed by atoms with van der Waals surface area (Å²) in [6, 6.07) is 16.5. The second-order valence-corrected chi connectivity index (χ2v) is 8.30. The third-order valence-corrected chi connectivity index (χ3v) is 4.69. The second kappa shape index (κ2) is 9.24. The fourth-order valence-corrected chi connectivity index (χ4v) is 3.32. The number of urea groups is 1. The lowest BCUT2D eigenvalue weighted by Crippen LogP contribution is -2.36. The Balaban J connectivity index is 1.42. The van der Waals surface area contributed by atoms with E-state index in [4.69, 9.17) is 0 Å². The predicted molar refractivity (Wildman–Crippen MR) is 112 cm³/mol. The van der Waals surface area contributed by atoms with Gasteiger partial charge in [-0.25, -0.2) is 17.9 Å². The average Bonchev–Trinajstić information content (AvgIpc) is 3.21. The van der Waals surface area contributed by atoms with Crippen LogP contribution in [0.4, 0.5) is 10.5 Å². The molecule has 0 radical (unpaired) electrons. The summed E-state index contributed by atoms with van der Waals surface area (Å²) in [5.41, 5.74) is 3.35. The molecular weight excluding hydrogens is 390 g/mol. The van der Waals surface area contributed by atoms with Crippen molar-refractivity contribution in [1.29, 1.82) is 0 Å². The third kappa shape index (κ3) is 6.65. The van der Waals surface area contributed by atoms with Crippen LogP contribution in [0.5, 0.6) is 0 Å². The summed E-state index contributed by atoms with van der Waals surface area (Å²) in [5.74, 6) is 0. The molecule has 0 spiro atoms. The van der Waals surface area contributed by atoms with Crippen molar-refractivity contribution in [1.82, 2.24) is 20.4 Å². The van der Waals surface area contributed by atoms with Crippen molar-refractivity contribution in [2.75, 3.05) is 17.5 Å². The zero-order valence-corrected chi connectivity index (χ0v) is 16.8. The number of nitrogens with one attached hydrogen (secondary N) is 3. The molecule has 9 heteroatoms. The number of hydrogen-bond acceptors (Lipinski definition) is 4. The second-order valence-electron chi connectivity index (χ2n) is 6.55. The largest absolute Gasteiger partial charge is 0.338 e. The summed E-state index contributed by atoms with van der Waals surface area (Å²) in [6.45, 7) is 0.798. The molecule has 3 aromatic rings. The van der Waals surface area contributed by atoms with E-state index in [9.17, 15) is 13.2 Å². The SMILES string of the molecule is CS(=O)(=O)Nc1cccc(CNC(=O)NCCc2ccc(-n3cccn3)cc2)c1. The lowest BCUT2D eigenvalue weighted by molar-refractivity contribution is 0.240. The Morgan fingerprint density at radius 3 is 2.52 bits per heavy atom. The number of carbonyl (C=O) groups excluding carboxylic acids is 1. The van der Waals surface area contributed by atoms with Gasteiger partial charge in [0.15, 0.2) is 0 Å². The van der Waals surface area contributed by atoms with Crippen molar-refractivity contribution in [2.24, 2.45) is 0 Å². The highest BCUT2D eigenvalue weighted by Crippen LogP contribution is 2.12. The molecule has 0 atom stereocenters. The summed E-state index contributed by atoms with van der Waals surface area (Å²) >= 11 is 0. The van der Waals surface area contributed by atoms with Crippen molar-refractivity contribution in [3.63, 3.8) is 0 Å². The number of rotatable bonds is 8. The molecule has 0 saturated heterocycles. The molecule has 0 bridgehead atoms. The molecule has 0 aliphatic carbocycles. The summed E-state index contributed by atoms with van der Waals surface area (Å²) in [6.07, 6.45) is 5.42. The molecule has 3 rings (SSSR count). The van der Waals surface area contributed by atoms with Crippen LogP contribution in [0.1, 0.15) is 11.1 Å². The monoisotopic (exact) mass is 413 g/mol. The van der Waals surface area contributed by atoms with Gasteiger partial charge in [0, 0.05) is 31.2 Å². The van der Waals surface area contributed by atoms with Crippen LogP contribution in [-0.4, -0.2) is 37.0 Å². The fourth-order valence-electron chi connectivity index (χ4n) is 2.76. The van der Waals surface area contributed by atoms with Gasteiger partial charge >= 0.3 is 6.03 Å². The Bertz CT molecular complexity index is 1050. The van der Waals surface area contributed by atoms with Gasteiger partial charge in [0.2, 0.25) is 10.0 Å². The van der Waals surface area contributed by atoms with E-state index in [0.717, 1.165) is 23.1 Å². The number of carbonyl (C=O) groups is 1. The Hall–Kier alpha value is -3.33. The number of benzene rings is 2. The van der Waals surface area contributed by atoms with Crippen LogP contribution in [0.15, 0.2) is 67.0 Å². The first-order valence-electron chi connectivity index (χ1n) is 9.06. The maximum Gasteiger partial charge on any atom is 0.315 e. The van der Waals surface area contributed by atoms with Crippen molar-refractivity contribution in [2.45, 2.75) is 13.0 Å². The Kier molecular flexibility index (Phi) is 6.50. The molecule has 1 aromatic heterocycles. The van der Waals surface area contributed by atoms with Crippen LogP contribution in [-0.2, 0) is 23.0 Å². The first kappa shape index (κ1) is 20.4. The number of amides is 2. The number of hydrogen-bond donors (Lipinski definition) is 3. The zero-order chi connectivity index (χ0) is 20.7. The molecule has 0 aliphatic rings. The Morgan fingerprint density at radius 2 is 1.83 bits per heavy atom. The van der Waals surface area contributed by atoms with Crippen molar-refractivity contribution < 1.29 is 13.2 Å². The van der Waals surface area contributed by atoms with Gasteiger partial charge in [-0.15, -0.1) is 0 Å². The fraction of sp³-hybridized carbons (Fsp3) is 0.200. The first-order valence-corrected chi connectivity index (χ1v) is 11.0. The van der Waals surface area contributed by atoms with Crippen LogP contribution < -0.4 is 15.4 Å². The minimum absolute atomic E-state index is 0.278. The average molecular weight is 414 g/mol. The maximum absolute atomic E-state index is 12.0. The lowest BCUT2D eigenvalue weighted by atomic mass is 10.1. The van der Waals surface area contributed by atoms with Crippen molar-refractivity contribution >= 4 is 21.7 Å². The van der Waals surface area contributed by atoms with E-state index in [2.05, 4.69) is 20.5 Å². The molecule has 1 heterocycles. The topological polar surface area (TPSA) is 105 Å². The van der Waals surface area contributed by atoms with Crippen molar-refractivity contribution in [3.05, 3.63) is 78.1 Å². The normalized spacial score (nSPS) is 11.1. The van der Waals surface area contributed by atoms with E-state index < -0.39 is 10.0 Å². The van der Waals surface area contributed by atoms with Crippen LogP contribution in [0.25, 0.3) is 5.69 Å². The first-order chi connectivity index (χ1) is 13.9.